The van der Waals surface area contributed by atoms with Gasteiger partial charge in [0.05, 0.1) is 5.52 Å². The number of hydrogen-bond donors (Lipinski definition) is 0. The monoisotopic (exact) mass is 461 g/mol. The zero-order valence-electron chi connectivity index (χ0n) is 20.0. The number of amides is 1. The summed E-state index contributed by atoms with van der Waals surface area (Å²) < 4.78 is 34.2. The lowest BCUT2D eigenvalue weighted by Crippen LogP contribution is -2.48. The number of carbonyl (C=O) groups is 1. The minimum atomic E-state index is -3.70. The van der Waals surface area contributed by atoms with E-state index < -0.39 is 15.6 Å². The summed E-state index contributed by atoms with van der Waals surface area (Å²) in [6.45, 7) is 12.7. The Kier molecular flexibility index (Phi) is 7.15. The summed E-state index contributed by atoms with van der Waals surface area (Å²) in [6.07, 6.45) is 2.95. The number of pyridine rings is 1. The standard InChI is InChI=1S/C24H35N3O4S/c1-17(2)27(23(28)31-24(4,5)6)16-19-9-8-12-26(15-19)32(29,30)21-11-7-10-20-13-18(3)14-25-22(20)21/h7,10-11,13-14,17,19H,8-9,12,15-16H2,1-6H3/t19-/m1/s1. The molecule has 176 valence electrons. The van der Waals surface area contributed by atoms with Crippen LogP contribution in [-0.4, -0.2) is 60.0 Å². The van der Waals surface area contributed by atoms with Gasteiger partial charge in [-0.2, -0.15) is 4.31 Å². The molecule has 0 N–H and O–H groups in total. The largest absolute Gasteiger partial charge is 0.444 e. The summed E-state index contributed by atoms with van der Waals surface area (Å²) in [6, 6.07) is 7.18. The van der Waals surface area contributed by atoms with Crippen molar-refractivity contribution in [2.24, 2.45) is 5.92 Å². The number of hydrogen-bond acceptors (Lipinski definition) is 5. The third kappa shape index (κ3) is 5.59. The second kappa shape index (κ2) is 9.35. The highest BCUT2D eigenvalue weighted by Gasteiger charge is 2.34. The van der Waals surface area contributed by atoms with Gasteiger partial charge in [0.25, 0.3) is 0 Å². The maximum atomic E-state index is 13.6. The van der Waals surface area contributed by atoms with Crippen LogP contribution in [0, 0.1) is 12.8 Å². The zero-order valence-corrected chi connectivity index (χ0v) is 20.8. The van der Waals surface area contributed by atoms with E-state index in [1.807, 2.05) is 53.7 Å². The number of para-hydroxylation sites is 1. The number of benzene rings is 1. The lowest BCUT2D eigenvalue weighted by Gasteiger charge is -2.37. The Balaban J connectivity index is 1.81. The van der Waals surface area contributed by atoms with Gasteiger partial charge in [-0.15, -0.1) is 0 Å². The molecule has 0 saturated carbocycles. The van der Waals surface area contributed by atoms with Crippen LogP contribution in [0.2, 0.25) is 0 Å². The molecule has 1 aromatic carbocycles. The third-order valence-corrected chi connectivity index (χ3v) is 7.51. The summed E-state index contributed by atoms with van der Waals surface area (Å²) in [5.74, 6) is 0.0404. The molecule has 0 aliphatic carbocycles. The summed E-state index contributed by atoms with van der Waals surface area (Å²) in [5.41, 5.74) is 0.907. The van der Waals surface area contributed by atoms with Gasteiger partial charge in [-0.25, -0.2) is 13.2 Å². The van der Waals surface area contributed by atoms with Gasteiger partial charge in [-0.1, -0.05) is 12.1 Å². The van der Waals surface area contributed by atoms with Crippen molar-refractivity contribution in [1.29, 1.82) is 0 Å². The summed E-state index contributed by atoms with van der Waals surface area (Å²) >= 11 is 0. The maximum absolute atomic E-state index is 13.6. The molecule has 1 amide bonds. The molecule has 1 atom stereocenters. The molecule has 2 heterocycles. The minimum Gasteiger partial charge on any atom is -0.444 e. The number of carbonyl (C=O) groups excluding carboxylic acids is 1. The molecule has 1 fully saturated rings. The van der Waals surface area contributed by atoms with Gasteiger partial charge < -0.3 is 9.64 Å². The van der Waals surface area contributed by atoms with Crippen LogP contribution in [0.4, 0.5) is 4.79 Å². The number of fused-ring (bicyclic) bond motifs is 1. The van der Waals surface area contributed by atoms with Crippen LogP contribution >= 0.6 is 0 Å². The van der Waals surface area contributed by atoms with Gasteiger partial charge >= 0.3 is 6.09 Å². The maximum Gasteiger partial charge on any atom is 0.410 e. The molecular weight excluding hydrogens is 426 g/mol. The second-order valence-corrected chi connectivity index (χ2v) is 11.8. The molecule has 1 saturated heterocycles. The van der Waals surface area contributed by atoms with E-state index in [0.717, 1.165) is 23.8 Å². The smallest absolute Gasteiger partial charge is 0.410 e. The highest BCUT2D eigenvalue weighted by molar-refractivity contribution is 7.89. The van der Waals surface area contributed by atoms with Crippen molar-refractivity contribution in [1.82, 2.24) is 14.2 Å². The summed E-state index contributed by atoms with van der Waals surface area (Å²) in [7, 11) is -3.70. The van der Waals surface area contributed by atoms with E-state index >= 15 is 0 Å². The topological polar surface area (TPSA) is 79.8 Å². The normalized spacial score (nSPS) is 18.2. The second-order valence-electron chi connectivity index (χ2n) is 9.94. The molecule has 3 rings (SSSR count). The fourth-order valence-electron chi connectivity index (χ4n) is 4.08. The third-order valence-electron chi connectivity index (χ3n) is 5.62. The Labute approximate surface area is 191 Å². The molecule has 2 aromatic rings. The van der Waals surface area contributed by atoms with Gasteiger partial charge in [0.2, 0.25) is 10.0 Å². The van der Waals surface area contributed by atoms with Crippen molar-refractivity contribution in [2.45, 2.75) is 70.9 Å². The van der Waals surface area contributed by atoms with Crippen molar-refractivity contribution in [3.63, 3.8) is 0 Å². The van der Waals surface area contributed by atoms with E-state index in [4.69, 9.17) is 4.74 Å². The van der Waals surface area contributed by atoms with E-state index in [1.54, 1.807) is 27.5 Å². The molecule has 7 nitrogen and oxygen atoms in total. The van der Waals surface area contributed by atoms with Crippen molar-refractivity contribution >= 4 is 27.0 Å². The zero-order chi connectivity index (χ0) is 23.7. The van der Waals surface area contributed by atoms with Gasteiger partial charge in [0.1, 0.15) is 10.5 Å². The highest BCUT2D eigenvalue weighted by Crippen LogP contribution is 2.29. The van der Waals surface area contributed by atoms with Gasteiger partial charge in [-0.3, -0.25) is 4.98 Å². The summed E-state index contributed by atoms with van der Waals surface area (Å²) in [4.78, 5) is 19.1. The van der Waals surface area contributed by atoms with Crippen LogP contribution in [0.1, 0.15) is 53.0 Å². The van der Waals surface area contributed by atoms with Crippen molar-refractivity contribution < 1.29 is 17.9 Å². The lowest BCUT2D eigenvalue weighted by atomic mass is 9.98. The van der Waals surface area contributed by atoms with E-state index in [2.05, 4.69) is 4.98 Å². The van der Waals surface area contributed by atoms with Crippen LogP contribution in [0.3, 0.4) is 0 Å². The van der Waals surface area contributed by atoms with Crippen LogP contribution in [0.25, 0.3) is 10.9 Å². The number of aryl methyl sites for hydroxylation is 1. The number of piperidine rings is 1. The average Bonchev–Trinajstić information content (AvgIpc) is 2.70. The minimum absolute atomic E-state index is 0.0395. The van der Waals surface area contributed by atoms with Crippen LogP contribution in [0.15, 0.2) is 35.4 Å². The predicted octanol–water partition coefficient (Wildman–Crippen LogP) is 4.59. The quantitative estimate of drug-likeness (QED) is 0.651. The molecule has 1 aliphatic heterocycles. The number of sulfonamides is 1. The Morgan fingerprint density at radius 1 is 1.31 bits per heavy atom. The van der Waals surface area contributed by atoms with Gasteiger partial charge in [0.15, 0.2) is 0 Å². The lowest BCUT2D eigenvalue weighted by molar-refractivity contribution is 0.0138. The van der Waals surface area contributed by atoms with E-state index in [0.29, 0.717) is 25.2 Å². The van der Waals surface area contributed by atoms with Crippen LogP contribution < -0.4 is 0 Å². The number of rotatable bonds is 5. The molecular formula is C24H35N3O4S. The van der Waals surface area contributed by atoms with E-state index in [-0.39, 0.29) is 22.9 Å². The predicted molar refractivity (Wildman–Crippen MR) is 126 cm³/mol. The van der Waals surface area contributed by atoms with E-state index in [9.17, 15) is 13.2 Å². The average molecular weight is 462 g/mol. The van der Waals surface area contributed by atoms with Crippen LogP contribution in [-0.2, 0) is 14.8 Å². The first kappa shape index (κ1) is 24.5. The first-order chi connectivity index (χ1) is 14.9. The number of aromatic nitrogens is 1. The first-order valence-corrected chi connectivity index (χ1v) is 12.7. The molecule has 0 radical (unpaired) electrons. The Bertz CT molecular complexity index is 1080. The summed E-state index contributed by atoms with van der Waals surface area (Å²) in [5, 5.41) is 0.815. The molecule has 0 bridgehead atoms. The number of nitrogens with zero attached hydrogens (tertiary/aromatic N) is 3. The van der Waals surface area contributed by atoms with Crippen molar-refractivity contribution in [3.05, 3.63) is 36.0 Å². The molecule has 1 aliphatic rings. The van der Waals surface area contributed by atoms with Gasteiger partial charge in [-0.05, 0) is 78.0 Å². The molecule has 0 unspecified atom stereocenters. The molecule has 0 spiro atoms. The molecule has 32 heavy (non-hydrogen) atoms. The first-order valence-electron chi connectivity index (χ1n) is 11.2. The fourth-order valence-corrected chi connectivity index (χ4v) is 5.80. The Morgan fingerprint density at radius 2 is 2.03 bits per heavy atom. The Morgan fingerprint density at radius 3 is 2.69 bits per heavy atom. The number of ether oxygens (including phenoxy) is 1. The van der Waals surface area contributed by atoms with Gasteiger partial charge in [0, 0.05) is 37.3 Å². The fraction of sp³-hybridized carbons (Fsp3) is 0.583. The van der Waals surface area contributed by atoms with Crippen LogP contribution in [0.5, 0.6) is 0 Å². The molecule has 8 heteroatoms. The van der Waals surface area contributed by atoms with Crippen molar-refractivity contribution in [3.8, 4) is 0 Å². The van der Waals surface area contributed by atoms with Crippen molar-refractivity contribution in [2.75, 3.05) is 19.6 Å². The van der Waals surface area contributed by atoms with E-state index in [1.165, 1.54) is 0 Å². The highest BCUT2D eigenvalue weighted by atomic mass is 32.2. The SMILES string of the molecule is Cc1cnc2c(S(=O)(=O)N3CCC[C@@H](CN(C(=O)OC(C)(C)C)C(C)C)C3)cccc2c1. The Hall–Kier alpha value is -2.19. The molecule has 1 aromatic heterocycles.